The van der Waals surface area contributed by atoms with E-state index in [1.54, 1.807) is 46.3 Å². The van der Waals surface area contributed by atoms with Gasteiger partial charge in [0, 0.05) is 24.9 Å². The van der Waals surface area contributed by atoms with Crippen LogP contribution < -0.4 is 10.6 Å². The summed E-state index contributed by atoms with van der Waals surface area (Å²) in [5, 5.41) is 9.29. The molecule has 2 atom stereocenters. The average Bonchev–Trinajstić information content (AvgIpc) is 3.64. The number of alkyl halides is 3. The second-order valence-electron chi connectivity index (χ2n) is 10.3. The minimum atomic E-state index is -3.36. The molecule has 0 saturated heterocycles. The van der Waals surface area contributed by atoms with Gasteiger partial charge in [0.1, 0.15) is 5.60 Å². The van der Waals surface area contributed by atoms with Crippen LogP contribution in [0.1, 0.15) is 56.3 Å². The Bertz CT molecular complexity index is 1520. The maximum absolute atomic E-state index is 14.9. The van der Waals surface area contributed by atoms with E-state index in [0.29, 0.717) is 12.2 Å². The summed E-state index contributed by atoms with van der Waals surface area (Å²) in [6, 6.07) is 7.47. The van der Waals surface area contributed by atoms with Gasteiger partial charge in [0.25, 0.3) is 12.3 Å². The van der Waals surface area contributed by atoms with Crippen molar-refractivity contribution >= 4 is 28.6 Å². The first-order valence-electron chi connectivity index (χ1n) is 12.7. The molecule has 3 heterocycles. The van der Waals surface area contributed by atoms with E-state index < -0.39 is 30.3 Å². The number of methoxy groups -OCH3 is 1. The summed E-state index contributed by atoms with van der Waals surface area (Å²) in [6.45, 7) is 7.32. The summed E-state index contributed by atoms with van der Waals surface area (Å²) >= 11 is 0. The molecule has 11 nitrogen and oxygen atoms in total. The van der Waals surface area contributed by atoms with Gasteiger partial charge < -0.3 is 28.4 Å². The normalized spacial score (nSPS) is 13.4. The fraction of sp³-hybridized carbons (Fsp3) is 0.407. The molecule has 0 aliphatic rings. The van der Waals surface area contributed by atoms with E-state index in [0.717, 1.165) is 4.57 Å². The molecule has 0 fully saturated rings. The highest BCUT2D eigenvalue weighted by Crippen LogP contribution is 2.36. The highest BCUT2D eigenvalue weighted by molar-refractivity contribution is 6.01. The van der Waals surface area contributed by atoms with Gasteiger partial charge in [-0.25, -0.2) is 18.0 Å². The van der Waals surface area contributed by atoms with Gasteiger partial charge in [0.15, 0.2) is 0 Å². The van der Waals surface area contributed by atoms with Crippen molar-refractivity contribution in [2.75, 3.05) is 19.0 Å². The Kier molecular flexibility index (Phi) is 8.71. The number of nitrogens with one attached hydrogen (secondary N) is 2. The van der Waals surface area contributed by atoms with Crippen LogP contribution in [0.5, 0.6) is 0 Å². The van der Waals surface area contributed by atoms with Crippen LogP contribution in [0.4, 0.5) is 23.7 Å². The Morgan fingerprint density at radius 3 is 2.61 bits per heavy atom. The molecular weight excluding hydrogens is 545 g/mol. The molecule has 1 aromatic carbocycles. The van der Waals surface area contributed by atoms with Gasteiger partial charge in [-0.1, -0.05) is 11.2 Å². The zero-order valence-electron chi connectivity index (χ0n) is 23.2. The minimum absolute atomic E-state index is 0.0271. The van der Waals surface area contributed by atoms with Gasteiger partial charge in [0.05, 0.1) is 41.7 Å². The fourth-order valence-corrected chi connectivity index (χ4v) is 4.16. The van der Waals surface area contributed by atoms with Crippen molar-refractivity contribution in [2.24, 2.45) is 0 Å². The van der Waals surface area contributed by atoms with Gasteiger partial charge in [-0.15, -0.1) is 0 Å². The molecule has 0 saturated carbocycles. The first-order chi connectivity index (χ1) is 19.4. The number of halogens is 3. The Morgan fingerprint density at radius 2 is 1.93 bits per heavy atom. The maximum atomic E-state index is 14.9. The molecule has 4 aromatic rings. The molecule has 0 aliphatic carbocycles. The number of benzene rings is 1. The van der Waals surface area contributed by atoms with E-state index in [-0.39, 0.29) is 46.6 Å². The van der Waals surface area contributed by atoms with E-state index in [1.807, 2.05) is 11.5 Å². The average molecular weight is 577 g/mol. The van der Waals surface area contributed by atoms with Crippen LogP contribution in [0.2, 0.25) is 0 Å². The zero-order chi connectivity index (χ0) is 29.9. The highest BCUT2D eigenvalue weighted by Gasteiger charge is 2.29. The lowest BCUT2D eigenvalue weighted by atomic mass is 10.2. The zero-order valence-corrected chi connectivity index (χ0v) is 23.2. The number of rotatable bonds is 10. The van der Waals surface area contributed by atoms with E-state index in [2.05, 4.69) is 20.8 Å². The Hall–Kier alpha value is -4.33. The van der Waals surface area contributed by atoms with Crippen LogP contribution in [-0.4, -0.2) is 57.0 Å². The quantitative estimate of drug-likeness (QED) is 0.248. The molecule has 0 radical (unpaired) electrons. The van der Waals surface area contributed by atoms with Crippen molar-refractivity contribution in [1.82, 2.24) is 24.6 Å². The second kappa shape index (κ2) is 12.0. The van der Waals surface area contributed by atoms with Gasteiger partial charge in [-0.2, -0.15) is 4.98 Å². The first-order valence-corrected chi connectivity index (χ1v) is 12.7. The number of ether oxygens (including phenoxy) is 2. The van der Waals surface area contributed by atoms with Crippen LogP contribution in [0.25, 0.3) is 22.4 Å². The number of aromatic nitrogens is 4. The third-order valence-electron chi connectivity index (χ3n) is 5.96. The molecule has 14 heteroatoms. The van der Waals surface area contributed by atoms with Crippen molar-refractivity contribution < 1.29 is 36.8 Å². The SMILES string of the molecule is COCC(C)n1ccc(C(=O)NCc2nc(-c3cc4c(NC(=O)OC(C)(C)C)cccc4n3C(F)C(F)F)no2)c1. The second-order valence-corrected chi connectivity index (χ2v) is 10.3. The number of fused-ring (bicyclic) bond motifs is 1. The summed E-state index contributed by atoms with van der Waals surface area (Å²) in [7, 11) is 1.59. The third-order valence-corrected chi connectivity index (χ3v) is 5.96. The van der Waals surface area contributed by atoms with Gasteiger partial charge in [0.2, 0.25) is 18.0 Å². The number of nitrogens with zero attached hydrogens (tertiary/aromatic N) is 4. The predicted octanol–water partition coefficient (Wildman–Crippen LogP) is 5.71. The smallest absolute Gasteiger partial charge is 0.412 e. The molecule has 0 bridgehead atoms. The summed E-state index contributed by atoms with van der Waals surface area (Å²) < 4.78 is 60.2. The molecule has 0 aliphatic heterocycles. The van der Waals surface area contributed by atoms with Crippen molar-refractivity contribution in [3.05, 3.63) is 54.2 Å². The monoisotopic (exact) mass is 576 g/mol. The van der Waals surface area contributed by atoms with Crippen LogP contribution in [0, 0.1) is 0 Å². The Morgan fingerprint density at radius 1 is 1.17 bits per heavy atom. The number of hydrogen-bond acceptors (Lipinski definition) is 7. The molecule has 0 spiro atoms. The van der Waals surface area contributed by atoms with Crippen molar-refractivity contribution in [3.63, 3.8) is 0 Å². The van der Waals surface area contributed by atoms with Crippen molar-refractivity contribution in [2.45, 2.75) is 58.6 Å². The van der Waals surface area contributed by atoms with E-state index >= 15 is 0 Å². The van der Waals surface area contributed by atoms with Gasteiger partial charge in [-0.3, -0.25) is 10.1 Å². The number of amides is 2. The molecule has 3 aromatic heterocycles. The largest absolute Gasteiger partial charge is 0.444 e. The maximum Gasteiger partial charge on any atom is 0.412 e. The van der Waals surface area contributed by atoms with E-state index in [4.69, 9.17) is 14.0 Å². The lowest BCUT2D eigenvalue weighted by molar-refractivity contribution is 0.0114. The number of hydrogen-bond donors (Lipinski definition) is 2. The molecule has 41 heavy (non-hydrogen) atoms. The lowest BCUT2D eigenvalue weighted by Gasteiger charge is -2.20. The molecule has 2 N–H and O–H groups in total. The third kappa shape index (κ3) is 6.88. The standard InChI is InChI=1S/C27H31F3N6O5/c1-15(14-39-5)35-10-9-16(13-35)25(37)31-12-21-33-24(34-41-21)20-11-17-18(32-26(38)40-27(2,3)4)7-6-8-19(17)36(20)23(30)22(28)29/h6-11,13,15,22-23H,12,14H2,1-5H3,(H,31,37)(H,32,38). The highest BCUT2D eigenvalue weighted by atomic mass is 19.3. The summed E-state index contributed by atoms with van der Waals surface area (Å²) in [5.74, 6) is -0.616. The first kappa shape index (κ1) is 29.6. The van der Waals surface area contributed by atoms with Crippen molar-refractivity contribution in [3.8, 4) is 11.5 Å². The number of carbonyl (C=O) groups excluding carboxylic acids is 2. The van der Waals surface area contributed by atoms with Crippen LogP contribution in [0.15, 0.2) is 47.2 Å². The molecule has 4 rings (SSSR count). The molecule has 2 amide bonds. The molecule has 220 valence electrons. The summed E-state index contributed by atoms with van der Waals surface area (Å²) in [5.41, 5.74) is -0.224. The van der Waals surface area contributed by atoms with Crippen LogP contribution in [0.3, 0.4) is 0 Å². The van der Waals surface area contributed by atoms with Crippen LogP contribution in [-0.2, 0) is 16.0 Å². The van der Waals surface area contributed by atoms with Crippen molar-refractivity contribution in [1.29, 1.82) is 0 Å². The van der Waals surface area contributed by atoms with Gasteiger partial charge in [-0.05, 0) is 52.0 Å². The minimum Gasteiger partial charge on any atom is -0.444 e. The number of anilines is 1. The molecule has 2 unspecified atom stereocenters. The van der Waals surface area contributed by atoms with E-state index in [9.17, 15) is 22.8 Å². The summed E-state index contributed by atoms with van der Waals surface area (Å²) in [6.07, 6.45) is -3.46. The Labute approximate surface area is 233 Å². The predicted molar refractivity (Wildman–Crippen MR) is 143 cm³/mol. The van der Waals surface area contributed by atoms with E-state index in [1.165, 1.54) is 24.3 Å². The molecular formula is C27H31F3N6O5. The topological polar surface area (TPSA) is 125 Å². The fourth-order valence-electron chi connectivity index (χ4n) is 4.16. The lowest BCUT2D eigenvalue weighted by Crippen LogP contribution is -2.27. The van der Waals surface area contributed by atoms with Crippen LogP contribution >= 0.6 is 0 Å². The number of carbonyl (C=O) groups is 2. The Balaban J connectivity index is 1.58. The van der Waals surface area contributed by atoms with Gasteiger partial charge >= 0.3 is 6.09 Å². The summed E-state index contributed by atoms with van der Waals surface area (Å²) in [4.78, 5) is 29.1.